The van der Waals surface area contributed by atoms with Crippen molar-refractivity contribution >= 4 is 21.2 Å². The van der Waals surface area contributed by atoms with Crippen LogP contribution in [0.25, 0.3) is 0 Å². The number of rotatable bonds is 8. The molecular weight excluding hydrogens is 272 g/mol. The van der Waals surface area contributed by atoms with Gasteiger partial charge in [-0.05, 0) is 31.0 Å². The van der Waals surface area contributed by atoms with Crippen molar-refractivity contribution < 1.29 is 8.42 Å². The molecule has 0 aliphatic rings. The van der Waals surface area contributed by atoms with Crippen LogP contribution in [0.4, 0.5) is 11.4 Å². The molecular formula is C15H26N2O2S. The largest absolute Gasteiger partial charge is 0.397 e. The zero-order valence-corrected chi connectivity index (χ0v) is 13.5. The number of nitrogens with one attached hydrogen (secondary N) is 1. The molecule has 0 saturated heterocycles. The molecule has 0 aromatic heterocycles. The second-order valence-electron chi connectivity index (χ2n) is 5.29. The van der Waals surface area contributed by atoms with Crippen LogP contribution in [0, 0.1) is 0 Å². The van der Waals surface area contributed by atoms with Crippen molar-refractivity contribution in [3.05, 3.63) is 18.2 Å². The van der Waals surface area contributed by atoms with E-state index in [9.17, 15) is 8.42 Å². The van der Waals surface area contributed by atoms with Crippen LogP contribution in [0.1, 0.15) is 46.0 Å². The fourth-order valence-electron chi connectivity index (χ4n) is 2.21. The highest BCUT2D eigenvalue weighted by Gasteiger charge is 2.12. The number of anilines is 2. The minimum absolute atomic E-state index is 0.265. The summed E-state index contributed by atoms with van der Waals surface area (Å²) < 4.78 is 23.0. The highest BCUT2D eigenvalue weighted by atomic mass is 32.2. The molecule has 0 aliphatic heterocycles. The normalized spacial score (nSPS) is 13.2. The highest BCUT2D eigenvalue weighted by Crippen LogP contribution is 2.25. The second kappa shape index (κ2) is 7.53. The van der Waals surface area contributed by atoms with Gasteiger partial charge in [-0.2, -0.15) is 0 Å². The fraction of sp³-hybridized carbons (Fsp3) is 0.600. The van der Waals surface area contributed by atoms with E-state index in [1.807, 2.05) is 0 Å². The van der Waals surface area contributed by atoms with Gasteiger partial charge < -0.3 is 11.1 Å². The Labute approximate surface area is 122 Å². The van der Waals surface area contributed by atoms with Gasteiger partial charge in [-0.25, -0.2) is 8.42 Å². The molecule has 0 spiro atoms. The van der Waals surface area contributed by atoms with E-state index in [0.29, 0.717) is 11.7 Å². The monoisotopic (exact) mass is 298 g/mol. The molecule has 0 radical (unpaired) electrons. The minimum Gasteiger partial charge on any atom is -0.397 e. The third-order valence-corrected chi connectivity index (χ3v) is 4.46. The number of nitrogen functional groups attached to an aromatic ring is 1. The van der Waals surface area contributed by atoms with Gasteiger partial charge in [0.05, 0.1) is 16.3 Å². The van der Waals surface area contributed by atoms with E-state index in [-0.39, 0.29) is 4.90 Å². The number of hydrogen-bond donors (Lipinski definition) is 2. The molecule has 1 aromatic rings. The van der Waals surface area contributed by atoms with Crippen LogP contribution in [0.5, 0.6) is 0 Å². The van der Waals surface area contributed by atoms with E-state index in [1.54, 1.807) is 12.1 Å². The van der Waals surface area contributed by atoms with Crippen molar-refractivity contribution in [2.75, 3.05) is 17.3 Å². The van der Waals surface area contributed by atoms with Crippen molar-refractivity contribution in [2.45, 2.75) is 56.9 Å². The van der Waals surface area contributed by atoms with Gasteiger partial charge in [-0.3, -0.25) is 0 Å². The van der Waals surface area contributed by atoms with Crippen molar-refractivity contribution in [3.8, 4) is 0 Å². The van der Waals surface area contributed by atoms with Crippen molar-refractivity contribution in [2.24, 2.45) is 0 Å². The van der Waals surface area contributed by atoms with Crippen LogP contribution in [-0.2, 0) is 9.84 Å². The van der Waals surface area contributed by atoms with Crippen LogP contribution in [0.15, 0.2) is 23.1 Å². The van der Waals surface area contributed by atoms with Crippen LogP contribution in [0.2, 0.25) is 0 Å². The SMILES string of the molecule is CCCCC(CCC)Nc1ccc(S(C)(=O)=O)cc1N. The molecule has 3 N–H and O–H groups in total. The average molecular weight is 298 g/mol. The highest BCUT2D eigenvalue weighted by molar-refractivity contribution is 7.90. The van der Waals surface area contributed by atoms with Gasteiger partial charge in [0.1, 0.15) is 0 Å². The van der Waals surface area contributed by atoms with Gasteiger partial charge in [0.2, 0.25) is 0 Å². The van der Waals surface area contributed by atoms with Crippen LogP contribution in [0.3, 0.4) is 0 Å². The molecule has 0 heterocycles. The maximum Gasteiger partial charge on any atom is 0.175 e. The van der Waals surface area contributed by atoms with E-state index in [1.165, 1.54) is 25.2 Å². The van der Waals surface area contributed by atoms with Crippen LogP contribution < -0.4 is 11.1 Å². The second-order valence-corrected chi connectivity index (χ2v) is 7.31. The maximum atomic E-state index is 11.5. The molecule has 114 valence electrons. The molecule has 4 nitrogen and oxygen atoms in total. The Morgan fingerprint density at radius 3 is 2.40 bits per heavy atom. The van der Waals surface area contributed by atoms with Gasteiger partial charge in [-0.15, -0.1) is 0 Å². The molecule has 1 aromatic carbocycles. The number of sulfone groups is 1. The quantitative estimate of drug-likeness (QED) is 0.721. The summed E-state index contributed by atoms with van der Waals surface area (Å²) >= 11 is 0. The van der Waals surface area contributed by atoms with Crippen molar-refractivity contribution in [1.29, 1.82) is 0 Å². The first kappa shape index (κ1) is 16.8. The van der Waals surface area contributed by atoms with Crippen LogP contribution >= 0.6 is 0 Å². The van der Waals surface area contributed by atoms with Gasteiger partial charge in [0.15, 0.2) is 9.84 Å². The van der Waals surface area contributed by atoms with Gasteiger partial charge in [-0.1, -0.05) is 33.1 Å². The molecule has 0 fully saturated rings. The van der Waals surface area contributed by atoms with Crippen LogP contribution in [-0.4, -0.2) is 20.7 Å². The lowest BCUT2D eigenvalue weighted by Crippen LogP contribution is -2.20. The molecule has 20 heavy (non-hydrogen) atoms. The zero-order chi connectivity index (χ0) is 15.2. The lowest BCUT2D eigenvalue weighted by Gasteiger charge is -2.20. The third-order valence-electron chi connectivity index (χ3n) is 3.35. The van der Waals surface area contributed by atoms with Crippen molar-refractivity contribution in [1.82, 2.24) is 0 Å². The summed E-state index contributed by atoms with van der Waals surface area (Å²) in [6, 6.07) is 5.30. The first-order valence-electron chi connectivity index (χ1n) is 7.24. The summed E-state index contributed by atoms with van der Waals surface area (Å²) in [5.74, 6) is 0. The number of unbranched alkanes of at least 4 members (excludes halogenated alkanes) is 1. The minimum atomic E-state index is -3.20. The van der Waals surface area contributed by atoms with E-state index < -0.39 is 9.84 Å². The Bertz CT molecular complexity index is 527. The zero-order valence-electron chi connectivity index (χ0n) is 12.6. The predicted octanol–water partition coefficient (Wildman–Crippen LogP) is 3.44. The summed E-state index contributed by atoms with van der Waals surface area (Å²) in [6.45, 7) is 4.34. The fourth-order valence-corrected chi connectivity index (χ4v) is 2.87. The van der Waals surface area contributed by atoms with E-state index in [2.05, 4.69) is 19.2 Å². The molecule has 1 unspecified atom stereocenters. The third kappa shape index (κ3) is 5.04. The lowest BCUT2D eigenvalue weighted by molar-refractivity contribution is 0.564. The first-order chi connectivity index (χ1) is 9.38. The smallest absolute Gasteiger partial charge is 0.175 e. The number of nitrogens with two attached hydrogens (primary N) is 1. The molecule has 5 heteroatoms. The summed E-state index contributed by atoms with van der Waals surface area (Å²) in [6.07, 6.45) is 6.85. The van der Waals surface area contributed by atoms with Gasteiger partial charge in [0.25, 0.3) is 0 Å². The lowest BCUT2D eigenvalue weighted by atomic mass is 10.0. The Hall–Kier alpha value is -1.23. The van der Waals surface area contributed by atoms with E-state index in [4.69, 9.17) is 5.73 Å². The molecule has 0 amide bonds. The Morgan fingerprint density at radius 2 is 1.90 bits per heavy atom. The Morgan fingerprint density at radius 1 is 1.20 bits per heavy atom. The first-order valence-corrected chi connectivity index (χ1v) is 9.13. The summed E-state index contributed by atoms with van der Waals surface area (Å²) in [7, 11) is -3.20. The van der Waals surface area contributed by atoms with E-state index in [0.717, 1.165) is 24.9 Å². The van der Waals surface area contributed by atoms with Gasteiger partial charge in [0, 0.05) is 12.3 Å². The predicted molar refractivity (Wildman–Crippen MR) is 85.8 cm³/mol. The molecule has 0 aliphatic carbocycles. The number of hydrogen-bond acceptors (Lipinski definition) is 4. The molecule has 1 atom stereocenters. The summed E-state index contributed by atoms with van der Waals surface area (Å²) in [4.78, 5) is 0.265. The Balaban J connectivity index is 2.85. The topological polar surface area (TPSA) is 72.2 Å². The van der Waals surface area contributed by atoms with Crippen molar-refractivity contribution in [3.63, 3.8) is 0 Å². The molecule has 0 bridgehead atoms. The molecule has 0 saturated carbocycles. The number of benzene rings is 1. The van der Waals surface area contributed by atoms with E-state index >= 15 is 0 Å². The standard InChI is InChI=1S/C15H26N2O2S/c1-4-6-8-12(7-5-2)17-15-10-9-13(11-14(15)16)20(3,18)19/h9-12,17H,4-8,16H2,1-3H3. The maximum absolute atomic E-state index is 11.5. The molecule has 1 rings (SSSR count). The average Bonchev–Trinajstić information content (AvgIpc) is 2.37. The summed E-state index contributed by atoms with van der Waals surface area (Å²) in [5.41, 5.74) is 7.28. The Kier molecular flexibility index (Phi) is 6.33. The van der Waals surface area contributed by atoms with Gasteiger partial charge >= 0.3 is 0 Å². The summed E-state index contributed by atoms with van der Waals surface area (Å²) in [5, 5.41) is 3.44.